The van der Waals surface area contributed by atoms with Gasteiger partial charge in [-0.05, 0) is 0 Å². The first kappa shape index (κ1) is 14.8. The minimum absolute atomic E-state index is 0.148. The summed E-state index contributed by atoms with van der Waals surface area (Å²) in [6, 6.07) is 0. The first-order chi connectivity index (χ1) is 9.58. The van der Waals surface area contributed by atoms with Crippen molar-refractivity contribution in [2.45, 2.75) is 12.7 Å². The molecule has 1 fully saturated rings. The van der Waals surface area contributed by atoms with Crippen molar-refractivity contribution in [3.8, 4) is 0 Å². The van der Waals surface area contributed by atoms with Crippen LogP contribution in [0.15, 0.2) is 0 Å². The molecule has 1 aliphatic heterocycles. The van der Waals surface area contributed by atoms with Crippen molar-refractivity contribution in [3.05, 3.63) is 22.0 Å². The molecular weight excluding hydrogens is 290 g/mol. The number of hydrogen-bond donors (Lipinski definition) is 1. The predicted molar refractivity (Wildman–Crippen MR) is 67.5 cm³/mol. The number of rotatable bonds is 4. The van der Waals surface area contributed by atoms with Gasteiger partial charge in [-0.15, -0.1) is 0 Å². The number of ether oxygens (including phenoxy) is 4. The van der Waals surface area contributed by atoms with Crippen LogP contribution in [0.1, 0.15) is 27.9 Å². The number of H-pyrrole nitrogens is 1. The number of aromatic amines is 1. The topological polar surface area (TPSA) is 86.9 Å². The van der Waals surface area contributed by atoms with Crippen LogP contribution in [0.4, 0.5) is 0 Å². The maximum Gasteiger partial charge on any atom is 0.340 e. The Morgan fingerprint density at radius 2 is 1.95 bits per heavy atom. The predicted octanol–water partition coefficient (Wildman–Crippen LogP) is 1.22. The summed E-state index contributed by atoms with van der Waals surface area (Å²) in [5.74, 6) is -1.14. The Labute approximate surface area is 120 Å². The molecule has 2 rings (SSSR count). The van der Waals surface area contributed by atoms with E-state index < -0.39 is 18.2 Å². The summed E-state index contributed by atoms with van der Waals surface area (Å²) in [7, 11) is 2.50. The largest absolute Gasteiger partial charge is 0.469 e. The molecule has 2 heterocycles. The van der Waals surface area contributed by atoms with E-state index in [1.807, 2.05) is 0 Å². The van der Waals surface area contributed by atoms with E-state index in [1.165, 1.54) is 14.2 Å². The quantitative estimate of drug-likeness (QED) is 0.842. The lowest BCUT2D eigenvalue weighted by atomic mass is 10.1. The smallest absolute Gasteiger partial charge is 0.340 e. The van der Waals surface area contributed by atoms with Gasteiger partial charge in [-0.25, -0.2) is 4.79 Å². The Morgan fingerprint density at radius 3 is 2.50 bits per heavy atom. The summed E-state index contributed by atoms with van der Waals surface area (Å²) in [5, 5.41) is 0.157. The highest BCUT2D eigenvalue weighted by Gasteiger charge is 2.31. The SMILES string of the molecule is COC(=O)Cc1c(Cl)[nH]c(C2OCCO2)c1C(=O)OC. The zero-order chi connectivity index (χ0) is 14.7. The third-order valence-corrected chi connectivity index (χ3v) is 3.20. The molecule has 0 amide bonds. The van der Waals surface area contributed by atoms with Crippen LogP contribution in [0.2, 0.25) is 5.15 Å². The van der Waals surface area contributed by atoms with Gasteiger partial charge in [0, 0.05) is 5.56 Å². The number of aromatic nitrogens is 1. The molecule has 0 bridgehead atoms. The van der Waals surface area contributed by atoms with Gasteiger partial charge in [0.25, 0.3) is 0 Å². The molecule has 0 radical (unpaired) electrons. The third-order valence-electron chi connectivity index (χ3n) is 2.88. The molecule has 8 heteroatoms. The summed E-state index contributed by atoms with van der Waals surface area (Å²) in [4.78, 5) is 26.2. The van der Waals surface area contributed by atoms with Crippen LogP contribution in [0, 0.1) is 0 Å². The van der Waals surface area contributed by atoms with Crippen LogP contribution in [0.3, 0.4) is 0 Å². The first-order valence-electron chi connectivity index (χ1n) is 5.87. The second-order valence-corrected chi connectivity index (χ2v) is 4.40. The second-order valence-electron chi connectivity index (χ2n) is 4.02. The molecule has 1 N–H and O–H groups in total. The Morgan fingerprint density at radius 1 is 1.30 bits per heavy atom. The van der Waals surface area contributed by atoms with E-state index in [4.69, 9.17) is 25.8 Å². The highest BCUT2D eigenvalue weighted by Crippen LogP contribution is 2.32. The molecule has 0 saturated carbocycles. The van der Waals surface area contributed by atoms with E-state index in [-0.39, 0.29) is 17.1 Å². The Balaban J connectivity index is 2.43. The van der Waals surface area contributed by atoms with Crippen LogP contribution >= 0.6 is 11.6 Å². The number of hydrogen-bond acceptors (Lipinski definition) is 6. The van der Waals surface area contributed by atoms with Crippen molar-refractivity contribution in [2.75, 3.05) is 27.4 Å². The maximum absolute atomic E-state index is 11.9. The molecule has 1 aliphatic rings. The molecule has 0 aliphatic carbocycles. The van der Waals surface area contributed by atoms with Gasteiger partial charge in [-0.3, -0.25) is 4.79 Å². The van der Waals surface area contributed by atoms with Gasteiger partial charge in [0.2, 0.25) is 0 Å². The summed E-state index contributed by atoms with van der Waals surface area (Å²) >= 11 is 6.05. The van der Waals surface area contributed by atoms with E-state index in [2.05, 4.69) is 9.72 Å². The lowest BCUT2D eigenvalue weighted by Crippen LogP contribution is -2.13. The number of esters is 2. The lowest BCUT2D eigenvalue weighted by Gasteiger charge is -2.10. The maximum atomic E-state index is 11.9. The van der Waals surface area contributed by atoms with Gasteiger partial charge in [-0.1, -0.05) is 11.6 Å². The van der Waals surface area contributed by atoms with E-state index in [0.717, 1.165) is 0 Å². The van der Waals surface area contributed by atoms with Crippen molar-refractivity contribution in [1.82, 2.24) is 4.98 Å². The monoisotopic (exact) mass is 303 g/mol. The molecule has 1 aromatic rings. The number of halogens is 1. The second kappa shape index (κ2) is 6.25. The first-order valence-corrected chi connectivity index (χ1v) is 6.24. The number of nitrogens with one attached hydrogen (secondary N) is 1. The minimum Gasteiger partial charge on any atom is -0.469 e. The molecule has 0 atom stereocenters. The third kappa shape index (κ3) is 2.79. The van der Waals surface area contributed by atoms with Crippen LogP contribution in [-0.2, 0) is 30.2 Å². The molecule has 20 heavy (non-hydrogen) atoms. The van der Waals surface area contributed by atoms with Gasteiger partial charge in [-0.2, -0.15) is 0 Å². The van der Waals surface area contributed by atoms with Crippen LogP contribution in [0.25, 0.3) is 0 Å². The molecule has 0 spiro atoms. The molecule has 0 unspecified atom stereocenters. The van der Waals surface area contributed by atoms with Crippen LogP contribution in [0.5, 0.6) is 0 Å². The van der Waals surface area contributed by atoms with Gasteiger partial charge >= 0.3 is 11.9 Å². The molecular formula is C12H14ClNO6. The molecule has 110 valence electrons. The highest BCUT2D eigenvalue weighted by atomic mass is 35.5. The average molecular weight is 304 g/mol. The Kier molecular flexibility index (Phi) is 4.64. The van der Waals surface area contributed by atoms with Crippen LogP contribution < -0.4 is 0 Å². The standard InChI is InChI=1S/C12H14ClNO6/c1-17-7(15)5-6-8(11(16)18-2)9(14-10(6)13)12-19-3-4-20-12/h12,14H,3-5H2,1-2H3. The van der Waals surface area contributed by atoms with Crippen molar-refractivity contribution in [2.24, 2.45) is 0 Å². The van der Waals surface area contributed by atoms with E-state index in [9.17, 15) is 9.59 Å². The number of carbonyl (C=O) groups excluding carboxylic acids is 2. The lowest BCUT2D eigenvalue weighted by molar-refractivity contribution is -0.139. The average Bonchev–Trinajstić information content (AvgIpc) is 3.07. The zero-order valence-electron chi connectivity index (χ0n) is 11.0. The van der Waals surface area contributed by atoms with Crippen molar-refractivity contribution in [1.29, 1.82) is 0 Å². The highest BCUT2D eigenvalue weighted by molar-refractivity contribution is 6.31. The van der Waals surface area contributed by atoms with Gasteiger partial charge in [0.1, 0.15) is 5.15 Å². The summed E-state index contributed by atoms with van der Waals surface area (Å²) in [6.45, 7) is 0.822. The fourth-order valence-electron chi connectivity index (χ4n) is 1.95. The molecule has 1 aromatic heterocycles. The minimum atomic E-state index is -0.729. The molecule has 0 aromatic carbocycles. The summed E-state index contributed by atoms with van der Waals surface area (Å²) in [6.07, 6.45) is -0.879. The normalized spacial score (nSPS) is 15.3. The van der Waals surface area contributed by atoms with Gasteiger partial charge in [0.05, 0.1) is 45.1 Å². The van der Waals surface area contributed by atoms with Gasteiger partial charge in [0.15, 0.2) is 6.29 Å². The van der Waals surface area contributed by atoms with E-state index in [1.54, 1.807) is 0 Å². The fourth-order valence-corrected chi connectivity index (χ4v) is 2.21. The fraction of sp³-hybridized carbons (Fsp3) is 0.500. The number of methoxy groups -OCH3 is 2. The van der Waals surface area contributed by atoms with E-state index >= 15 is 0 Å². The van der Waals surface area contributed by atoms with Gasteiger partial charge < -0.3 is 23.9 Å². The van der Waals surface area contributed by atoms with E-state index in [0.29, 0.717) is 24.5 Å². The number of carbonyl (C=O) groups is 2. The Hall–Kier alpha value is -1.57. The molecule has 1 saturated heterocycles. The summed E-state index contributed by atoms with van der Waals surface area (Å²) < 4.78 is 20.0. The van der Waals surface area contributed by atoms with Crippen LogP contribution in [-0.4, -0.2) is 44.4 Å². The van der Waals surface area contributed by atoms with Crippen molar-refractivity contribution >= 4 is 23.5 Å². The summed E-state index contributed by atoms with van der Waals surface area (Å²) in [5.41, 5.74) is 0.799. The zero-order valence-corrected chi connectivity index (χ0v) is 11.8. The molecule has 7 nitrogen and oxygen atoms in total. The van der Waals surface area contributed by atoms with Crippen molar-refractivity contribution < 1.29 is 28.5 Å². The van der Waals surface area contributed by atoms with Crippen molar-refractivity contribution in [3.63, 3.8) is 0 Å². The Bertz CT molecular complexity index is 520.